The molecule has 1 amide bonds. The molecule has 0 bridgehead atoms. The number of nitrogens with zero attached hydrogens (tertiary/aromatic N) is 1. The molecule has 3 aromatic carbocycles. The van der Waals surface area contributed by atoms with Gasteiger partial charge in [-0.25, -0.2) is 0 Å². The van der Waals surface area contributed by atoms with E-state index >= 15 is 0 Å². The molecule has 0 spiro atoms. The van der Waals surface area contributed by atoms with Crippen molar-refractivity contribution >= 4 is 73.8 Å². The average molecular weight is 1240 g/mol. The quantitative estimate of drug-likeness (QED) is 0.109. The number of aliphatic hydroxyl groups excluding tert-OH is 1. The van der Waals surface area contributed by atoms with Gasteiger partial charge in [0.2, 0.25) is 5.91 Å². The zero-order valence-corrected chi connectivity index (χ0v) is 58.1. The van der Waals surface area contributed by atoms with Crippen LogP contribution in [0.25, 0.3) is 0 Å². The zero-order chi connectivity index (χ0) is 64.6. The van der Waals surface area contributed by atoms with Crippen molar-refractivity contribution in [3.8, 4) is 0 Å². The minimum atomic E-state index is -0.167. The summed E-state index contributed by atoms with van der Waals surface area (Å²) >= 11 is 0. The van der Waals surface area contributed by atoms with Gasteiger partial charge in [-0.1, -0.05) is 207 Å². The highest BCUT2D eigenvalue weighted by Gasteiger charge is 2.11. The Morgan fingerprint density at radius 2 is 0.506 bits per heavy atom. The lowest BCUT2D eigenvalue weighted by atomic mass is 10.1. The molecule has 30 N–H and O–H groups in total. The van der Waals surface area contributed by atoms with Gasteiger partial charge in [-0.2, -0.15) is 0 Å². The van der Waals surface area contributed by atoms with Crippen LogP contribution in [-0.4, -0.2) is 110 Å². The summed E-state index contributed by atoms with van der Waals surface area (Å²) in [5.74, 6) is 2.88. The van der Waals surface area contributed by atoms with Crippen LogP contribution >= 0.6 is 0 Å². The standard InChI is InChI=1S/3C8H10.C7H13NO.3C5H12.C3H8O.C2H6.CH5N.10CH2O.9H3N/c3*1-2-8-6-4-3-5-7-8;1-7(9)8-5-3-2-4-6-8;3*1-4-5(2)3;1-3(2)4;12*1-2;;;;;;;;;/h3*3-7H,2H2,1H3;2-6H2,1H3;3*5H,4H2,1-3H3;3-4H,1-2H3;1-2H3;2H2,1H3;10*1H2;9*1H3. The van der Waals surface area contributed by atoms with Crippen molar-refractivity contribution in [2.45, 2.75) is 182 Å². The highest BCUT2D eigenvalue weighted by molar-refractivity contribution is 5.73. The number of rotatable bonds is 6. The van der Waals surface area contributed by atoms with Crippen LogP contribution in [0, 0.1) is 17.8 Å². The first-order valence-electron chi connectivity index (χ1n) is 25.2. The summed E-state index contributed by atoms with van der Waals surface area (Å²) in [6.07, 6.45) is 10.9. The highest BCUT2D eigenvalue weighted by atomic mass is 16.3. The van der Waals surface area contributed by atoms with E-state index in [2.05, 4.69) is 162 Å². The zero-order valence-electron chi connectivity index (χ0n) is 58.1. The fourth-order valence-electron chi connectivity index (χ4n) is 3.35. The van der Waals surface area contributed by atoms with Gasteiger partial charge in [0.05, 0.1) is 0 Å². The number of benzene rings is 3. The van der Waals surface area contributed by atoms with E-state index in [1.807, 2.05) is 105 Å². The number of hydrogen-bond acceptors (Lipinski definition) is 22. The molecule has 23 nitrogen and oxygen atoms in total. The van der Waals surface area contributed by atoms with Crippen molar-refractivity contribution in [1.29, 1.82) is 0 Å². The van der Waals surface area contributed by atoms with Gasteiger partial charge in [0.1, 0.15) is 67.9 Å². The molecular weight excluding hydrogens is 1090 g/mol. The molecule has 3 aromatic rings. The Labute approximate surface area is 523 Å². The summed E-state index contributed by atoms with van der Waals surface area (Å²) in [7, 11) is 1.50. The van der Waals surface area contributed by atoms with E-state index in [1.54, 1.807) is 20.8 Å². The molecule has 520 valence electrons. The molecule has 0 unspecified atom stereocenters. The molecular formula is C62H145N11O12. The SMILES string of the molecule is C=O.C=O.C=O.C=O.C=O.C=O.C=O.C=O.C=O.C=O.CC.CC(=O)N1CCCCC1.CC(C)O.CCC(C)C.CCC(C)C.CCC(C)C.CCc1ccccc1.CCc1ccccc1.CCc1ccccc1.CN.N.N.N.N.N.N.N.N.N. The van der Waals surface area contributed by atoms with E-state index in [9.17, 15) is 4.79 Å². The Bertz CT molecular complexity index is 1140. The summed E-state index contributed by atoms with van der Waals surface area (Å²) in [5, 5.41) is 8.06. The number of carbonyl (C=O) groups excluding carboxylic acids is 11. The number of hydrogen-bond donors (Lipinski definition) is 11. The van der Waals surface area contributed by atoms with E-state index in [4.69, 9.17) is 53.1 Å². The molecule has 1 heterocycles. The summed E-state index contributed by atoms with van der Waals surface area (Å²) in [6.45, 7) is 57.5. The number of likely N-dealkylation sites (tertiary alicyclic amines) is 1. The Balaban J connectivity index is -0.0000000199. The Kier molecular flexibility index (Phi) is 407. The molecule has 1 saturated heterocycles. The number of aryl methyl sites for hydroxylation is 3. The Hall–Kier alpha value is -6.61. The maximum absolute atomic E-state index is 10.7. The van der Waals surface area contributed by atoms with Gasteiger partial charge in [0, 0.05) is 26.1 Å². The third-order valence-corrected chi connectivity index (χ3v) is 8.00. The second-order valence-electron chi connectivity index (χ2n) is 14.6. The van der Waals surface area contributed by atoms with Crippen LogP contribution in [-0.2, 0) is 72.0 Å². The number of piperidine rings is 1. The highest BCUT2D eigenvalue weighted by Crippen LogP contribution is 2.07. The maximum Gasteiger partial charge on any atom is 0.219 e. The Morgan fingerprint density at radius 3 is 0.576 bits per heavy atom. The van der Waals surface area contributed by atoms with E-state index in [0.717, 1.165) is 50.1 Å². The molecule has 0 aliphatic carbocycles. The topological polar surface area (TPSA) is 552 Å². The van der Waals surface area contributed by atoms with Crippen LogP contribution < -0.4 is 61.1 Å². The summed E-state index contributed by atoms with van der Waals surface area (Å²) in [5.41, 5.74) is 8.73. The summed E-state index contributed by atoms with van der Waals surface area (Å²) in [6, 6.07) is 31.4. The van der Waals surface area contributed by atoms with E-state index in [0.29, 0.717) is 0 Å². The number of carbonyl (C=O) groups is 11. The normalized spacial score (nSPS) is 7.41. The average Bonchev–Trinajstić information content (AvgIpc) is 3.52. The van der Waals surface area contributed by atoms with Gasteiger partial charge in [-0.05, 0) is 93.9 Å². The first kappa shape index (κ1) is 165. The maximum atomic E-state index is 10.7. The van der Waals surface area contributed by atoms with Gasteiger partial charge in [0.15, 0.2) is 0 Å². The predicted octanol–water partition coefficient (Wildman–Crippen LogP) is 14.5. The first-order valence-corrected chi connectivity index (χ1v) is 25.2. The van der Waals surface area contributed by atoms with Crippen molar-refractivity contribution in [2.75, 3.05) is 20.1 Å². The third kappa shape index (κ3) is 257. The third-order valence-electron chi connectivity index (χ3n) is 8.00. The number of aliphatic hydroxyl groups is 1. The van der Waals surface area contributed by atoms with Crippen LogP contribution in [0.3, 0.4) is 0 Å². The molecule has 4 rings (SSSR count). The molecule has 23 heteroatoms. The molecule has 0 aromatic heterocycles. The van der Waals surface area contributed by atoms with Gasteiger partial charge in [0.25, 0.3) is 0 Å². The van der Waals surface area contributed by atoms with Gasteiger partial charge >= 0.3 is 0 Å². The first-order chi connectivity index (χ1) is 36.6. The Morgan fingerprint density at radius 1 is 0.376 bits per heavy atom. The summed E-state index contributed by atoms with van der Waals surface area (Å²) < 4.78 is 0. The van der Waals surface area contributed by atoms with Crippen molar-refractivity contribution in [3.05, 3.63) is 108 Å². The van der Waals surface area contributed by atoms with Gasteiger partial charge in [-0.3, -0.25) is 4.79 Å². The molecule has 1 aliphatic heterocycles. The number of nitrogens with two attached hydrogens (primary N) is 1. The van der Waals surface area contributed by atoms with E-state index in [1.165, 1.54) is 62.3 Å². The lowest BCUT2D eigenvalue weighted by molar-refractivity contribution is -0.129. The van der Waals surface area contributed by atoms with E-state index < -0.39 is 0 Å². The lowest BCUT2D eigenvalue weighted by Crippen LogP contribution is -2.33. The van der Waals surface area contributed by atoms with Crippen molar-refractivity contribution in [2.24, 2.45) is 23.5 Å². The fraction of sp³-hybridized carbons (Fsp3) is 0.532. The van der Waals surface area contributed by atoms with E-state index in [-0.39, 0.29) is 67.4 Å². The summed E-state index contributed by atoms with van der Waals surface area (Å²) in [4.78, 5) is 92.6. The molecule has 1 aliphatic rings. The largest absolute Gasteiger partial charge is 0.394 e. The fourth-order valence-corrected chi connectivity index (χ4v) is 3.35. The molecule has 85 heavy (non-hydrogen) atoms. The van der Waals surface area contributed by atoms with Crippen molar-refractivity contribution in [1.82, 2.24) is 60.3 Å². The second kappa shape index (κ2) is 210. The van der Waals surface area contributed by atoms with Crippen molar-refractivity contribution < 1.29 is 57.8 Å². The van der Waals surface area contributed by atoms with Crippen LogP contribution in [0.5, 0.6) is 0 Å². The van der Waals surface area contributed by atoms with Crippen LogP contribution in [0.4, 0.5) is 0 Å². The lowest BCUT2D eigenvalue weighted by Gasteiger charge is -2.24. The molecule has 1 fully saturated rings. The number of amides is 1. The second-order valence-corrected chi connectivity index (χ2v) is 14.6. The monoisotopic (exact) mass is 1240 g/mol. The molecule has 0 saturated carbocycles. The smallest absolute Gasteiger partial charge is 0.219 e. The molecule has 0 radical (unpaired) electrons. The predicted molar refractivity (Wildman–Crippen MR) is 374 cm³/mol. The molecule has 0 atom stereocenters. The van der Waals surface area contributed by atoms with Gasteiger partial charge < -0.3 is 119 Å². The van der Waals surface area contributed by atoms with Crippen LogP contribution in [0.1, 0.15) is 173 Å². The minimum absolute atomic E-state index is 0. The minimum Gasteiger partial charge on any atom is -0.394 e. The van der Waals surface area contributed by atoms with Crippen LogP contribution in [0.15, 0.2) is 91.0 Å². The van der Waals surface area contributed by atoms with Crippen LogP contribution in [0.2, 0.25) is 0 Å². The van der Waals surface area contributed by atoms with Gasteiger partial charge in [-0.15, -0.1) is 0 Å². The van der Waals surface area contributed by atoms with Crippen molar-refractivity contribution in [3.63, 3.8) is 0 Å².